The summed E-state index contributed by atoms with van der Waals surface area (Å²) in [7, 11) is 0. The molecule has 1 heterocycles. The van der Waals surface area contributed by atoms with Crippen molar-refractivity contribution < 1.29 is 0 Å². The van der Waals surface area contributed by atoms with E-state index in [1.54, 1.807) is 0 Å². The molecule has 0 aliphatic heterocycles. The summed E-state index contributed by atoms with van der Waals surface area (Å²) in [5.41, 5.74) is 2.10. The third-order valence-electron chi connectivity index (χ3n) is 1.84. The van der Waals surface area contributed by atoms with Gasteiger partial charge in [0.15, 0.2) is 0 Å². The largest absolute Gasteiger partial charge is 0.269 e. The van der Waals surface area contributed by atoms with E-state index < -0.39 is 0 Å². The van der Waals surface area contributed by atoms with Crippen LogP contribution in [0.5, 0.6) is 0 Å². The van der Waals surface area contributed by atoms with Crippen molar-refractivity contribution in [3.63, 3.8) is 0 Å². The van der Waals surface area contributed by atoms with E-state index in [4.69, 9.17) is 5.26 Å². The summed E-state index contributed by atoms with van der Waals surface area (Å²) in [5, 5.41) is 12.9. The first-order valence-electron chi connectivity index (χ1n) is 4.24. The standard InChI is InChI=1S/C9H13N3/c1-3-8-7-9(5-6-10)12(4-2)11-8/h7H,3-5H2,1-2H3. The monoisotopic (exact) mass is 163 g/mol. The van der Waals surface area contributed by atoms with Crippen LogP contribution in [0, 0.1) is 11.3 Å². The van der Waals surface area contributed by atoms with Crippen molar-refractivity contribution >= 4 is 0 Å². The summed E-state index contributed by atoms with van der Waals surface area (Å²) in [6, 6.07) is 4.14. The topological polar surface area (TPSA) is 41.6 Å². The van der Waals surface area contributed by atoms with Crippen LogP contribution in [-0.4, -0.2) is 9.78 Å². The van der Waals surface area contributed by atoms with Gasteiger partial charge in [-0.15, -0.1) is 0 Å². The lowest BCUT2D eigenvalue weighted by Crippen LogP contribution is -2.01. The molecular weight excluding hydrogens is 150 g/mol. The number of rotatable bonds is 3. The molecule has 0 unspecified atom stereocenters. The molecule has 3 heteroatoms. The first kappa shape index (κ1) is 8.79. The maximum absolute atomic E-state index is 8.53. The van der Waals surface area contributed by atoms with Gasteiger partial charge >= 0.3 is 0 Å². The summed E-state index contributed by atoms with van der Waals surface area (Å²) in [5.74, 6) is 0. The van der Waals surface area contributed by atoms with Gasteiger partial charge in [-0.05, 0) is 19.4 Å². The van der Waals surface area contributed by atoms with Crippen molar-refractivity contribution in [2.75, 3.05) is 0 Å². The SMILES string of the molecule is CCc1cc(CC#N)n(CC)n1. The minimum atomic E-state index is 0.459. The molecule has 0 aliphatic carbocycles. The summed E-state index contributed by atoms with van der Waals surface area (Å²) >= 11 is 0. The van der Waals surface area contributed by atoms with E-state index in [1.807, 2.05) is 17.7 Å². The second kappa shape index (κ2) is 3.91. The Morgan fingerprint density at radius 1 is 1.58 bits per heavy atom. The van der Waals surface area contributed by atoms with Crippen LogP contribution in [0.2, 0.25) is 0 Å². The summed E-state index contributed by atoms with van der Waals surface area (Å²) in [6.07, 6.45) is 1.40. The zero-order valence-corrected chi connectivity index (χ0v) is 7.54. The molecule has 0 aliphatic rings. The van der Waals surface area contributed by atoms with Crippen LogP contribution in [0.1, 0.15) is 25.2 Å². The lowest BCUT2D eigenvalue weighted by atomic mass is 10.2. The average Bonchev–Trinajstić information content (AvgIpc) is 2.48. The van der Waals surface area contributed by atoms with E-state index in [0.717, 1.165) is 24.4 Å². The van der Waals surface area contributed by atoms with E-state index in [2.05, 4.69) is 18.1 Å². The molecule has 1 aromatic heterocycles. The lowest BCUT2D eigenvalue weighted by Gasteiger charge is -1.97. The molecule has 0 amide bonds. The molecule has 64 valence electrons. The Labute approximate surface area is 72.6 Å². The number of nitriles is 1. The molecule has 3 nitrogen and oxygen atoms in total. The van der Waals surface area contributed by atoms with Gasteiger partial charge in [-0.1, -0.05) is 6.92 Å². The van der Waals surface area contributed by atoms with E-state index in [9.17, 15) is 0 Å². The van der Waals surface area contributed by atoms with Crippen molar-refractivity contribution in [1.82, 2.24) is 9.78 Å². The minimum absolute atomic E-state index is 0.459. The summed E-state index contributed by atoms with van der Waals surface area (Å²) in [6.45, 7) is 4.95. The fourth-order valence-corrected chi connectivity index (χ4v) is 1.18. The van der Waals surface area contributed by atoms with Crippen molar-refractivity contribution in [1.29, 1.82) is 5.26 Å². The predicted octanol–water partition coefficient (Wildman–Crippen LogP) is 1.53. The Balaban J connectivity index is 2.93. The fraction of sp³-hybridized carbons (Fsp3) is 0.556. The van der Waals surface area contributed by atoms with Crippen LogP contribution < -0.4 is 0 Å². The normalized spacial score (nSPS) is 9.75. The molecule has 1 aromatic rings. The molecule has 12 heavy (non-hydrogen) atoms. The number of aryl methyl sites for hydroxylation is 2. The highest BCUT2D eigenvalue weighted by atomic mass is 15.3. The van der Waals surface area contributed by atoms with Crippen LogP contribution in [0.15, 0.2) is 6.07 Å². The van der Waals surface area contributed by atoms with Gasteiger partial charge in [0, 0.05) is 6.54 Å². The molecule has 0 saturated heterocycles. The number of hydrogen-bond donors (Lipinski definition) is 0. The molecular formula is C9H13N3. The Kier molecular flexibility index (Phi) is 2.87. The molecule has 0 spiro atoms. The minimum Gasteiger partial charge on any atom is -0.269 e. The predicted molar refractivity (Wildman–Crippen MR) is 46.6 cm³/mol. The number of aromatic nitrogens is 2. The Morgan fingerprint density at radius 2 is 2.33 bits per heavy atom. The van der Waals surface area contributed by atoms with Gasteiger partial charge in [0.25, 0.3) is 0 Å². The van der Waals surface area contributed by atoms with E-state index in [1.165, 1.54) is 0 Å². The van der Waals surface area contributed by atoms with Crippen LogP contribution in [-0.2, 0) is 19.4 Å². The summed E-state index contributed by atoms with van der Waals surface area (Å²) < 4.78 is 1.89. The van der Waals surface area contributed by atoms with Crippen LogP contribution in [0.3, 0.4) is 0 Å². The van der Waals surface area contributed by atoms with Crippen molar-refractivity contribution in [3.8, 4) is 6.07 Å². The van der Waals surface area contributed by atoms with Gasteiger partial charge in [0.2, 0.25) is 0 Å². The first-order valence-corrected chi connectivity index (χ1v) is 4.24. The maximum Gasteiger partial charge on any atom is 0.0771 e. The third-order valence-corrected chi connectivity index (χ3v) is 1.84. The Bertz CT molecular complexity index is 293. The van der Waals surface area contributed by atoms with Crippen molar-refractivity contribution in [2.24, 2.45) is 0 Å². The van der Waals surface area contributed by atoms with Gasteiger partial charge in [0.1, 0.15) is 0 Å². The zero-order valence-electron chi connectivity index (χ0n) is 7.54. The van der Waals surface area contributed by atoms with Gasteiger partial charge in [0.05, 0.1) is 23.9 Å². The molecule has 0 fully saturated rings. The highest BCUT2D eigenvalue weighted by molar-refractivity contribution is 5.13. The molecule has 1 rings (SSSR count). The fourth-order valence-electron chi connectivity index (χ4n) is 1.18. The number of nitrogens with zero attached hydrogens (tertiary/aromatic N) is 3. The molecule has 0 atom stereocenters. The second-order valence-corrected chi connectivity index (χ2v) is 2.63. The maximum atomic E-state index is 8.53. The van der Waals surface area contributed by atoms with Crippen LogP contribution in [0.4, 0.5) is 0 Å². The van der Waals surface area contributed by atoms with Crippen molar-refractivity contribution in [3.05, 3.63) is 17.5 Å². The van der Waals surface area contributed by atoms with Gasteiger partial charge in [-0.2, -0.15) is 10.4 Å². The van der Waals surface area contributed by atoms with Crippen molar-refractivity contribution in [2.45, 2.75) is 33.2 Å². The van der Waals surface area contributed by atoms with Gasteiger partial charge < -0.3 is 0 Å². The quantitative estimate of drug-likeness (QED) is 0.678. The number of hydrogen-bond acceptors (Lipinski definition) is 2. The second-order valence-electron chi connectivity index (χ2n) is 2.63. The lowest BCUT2D eigenvalue weighted by molar-refractivity contribution is 0.624. The van der Waals surface area contributed by atoms with E-state index in [0.29, 0.717) is 6.42 Å². The average molecular weight is 163 g/mol. The zero-order chi connectivity index (χ0) is 8.97. The smallest absolute Gasteiger partial charge is 0.0771 e. The van der Waals surface area contributed by atoms with Gasteiger partial charge in [-0.25, -0.2) is 0 Å². The first-order chi connectivity index (χ1) is 5.81. The Hall–Kier alpha value is -1.30. The highest BCUT2D eigenvalue weighted by Gasteiger charge is 2.03. The van der Waals surface area contributed by atoms with Crippen LogP contribution >= 0.6 is 0 Å². The van der Waals surface area contributed by atoms with E-state index in [-0.39, 0.29) is 0 Å². The van der Waals surface area contributed by atoms with E-state index >= 15 is 0 Å². The molecule has 0 saturated carbocycles. The molecule has 0 radical (unpaired) electrons. The Morgan fingerprint density at radius 3 is 2.83 bits per heavy atom. The van der Waals surface area contributed by atoms with Gasteiger partial charge in [-0.3, -0.25) is 4.68 Å². The molecule has 0 bridgehead atoms. The molecule has 0 N–H and O–H groups in total. The third kappa shape index (κ3) is 1.65. The van der Waals surface area contributed by atoms with Crippen LogP contribution in [0.25, 0.3) is 0 Å². The highest BCUT2D eigenvalue weighted by Crippen LogP contribution is 2.05. The molecule has 0 aromatic carbocycles. The summed E-state index contributed by atoms with van der Waals surface area (Å²) in [4.78, 5) is 0.